The molecule has 2 spiro atoms. The lowest BCUT2D eigenvalue weighted by Crippen LogP contribution is -2.32. The molecule has 2 heterocycles. The molecule has 5 aliphatic rings. The molecule has 358 valence electrons. The number of hydrogen-bond donors (Lipinski definition) is 0. The molecule has 3 aliphatic carbocycles. The SMILES string of the molecule is c1ccc2c(c1)Oc1ccccc1C21c2ccccc2-c2cc(-c3ccc(C4(c5ccc(-c6ccc7c(c6)-c6ccccc6C76c7ccccc7Oc7ccccc76)cc5)c5ccccc5-c5ccccc54)cc3)ccc21. The first kappa shape index (κ1) is 42.6. The van der Waals surface area contributed by atoms with Crippen molar-refractivity contribution in [1.82, 2.24) is 0 Å². The molecule has 0 atom stereocenters. The van der Waals surface area contributed by atoms with Crippen LogP contribution in [-0.4, -0.2) is 0 Å². The summed E-state index contributed by atoms with van der Waals surface area (Å²) in [6.07, 6.45) is 0. The molecule has 2 nitrogen and oxygen atoms in total. The van der Waals surface area contributed by atoms with Crippen LogP contribution in [0.1, 0.15) is 66.8 Å². The van der Waals surface area contributed by atoms with Gasteiger partial charge in [-0.1, -0.05) is 243 Å². The molecule has 0 amide bonds. The van der Waals surface area contributed by atoms with Gasteiger partial charge in [0, 0.05) is 22.3 Å². The maximum Gasteiger partial charge on any atom is 0.132 e. The van der Waals surface area contributed by atoms with E-state index >= 15 is 0 Å². The minimum atomic E-state index is -0.551. The van der Waals surface area contributed by atoms with Gasteiger partial charge in [0.25, 0.3) is 0 Å². The van der Waals surface area contributed by atoms with Crippen molar-refractivity contribution in [2.45, 2.75) is 16.2 Å². The second-order valence-electron chi connectivity index (χ2n) is 21.3. The fourth-order valence-electron chi connectivity index (χ4n) is 14.9. The van der Waals surface area contributed by atoms with Gasteiger partial charge in [-0.25, -0.2) is 0 Å². The lowest BCUT2D eigenvalue weighted by atomic mass is 9.66. The van der Waals surface area contributed by atoms with E-state index in [4.69, 9.17) is 9.47 Å². The number of hydrogen-bond acceptors (Lipinski definition) is 2. The van der Waals surface area contributed by atoms with Gasteiger partial charge in [-0.15, -0.1) is 0 Å². The average Bonchev–Trinajstić information content (AvgIpc) is 4.31. The minimum absolute atomic E-state index is 0.496. The van der Waals surface area contributed by atoms with Gasteiger partial charge in [0.05, 0.1) is 16.2 Å². The van der Waals surface area contributed by atoms with Crippen molar-refractivity contribution < 1.29 is 9.47 Å². The van der Waals surface area contributed by atoms with E-state index in [-0.39, 0.29) is 0 Å². The quantitative estimate of drug-likeness (QED) is 0.175. The molecule has 12 aromatic carbocycles. The van der Waals surface area contributed by atoms with Gasteiger partial charge in [-0.05, 0) is 137 Å². The Labute approximate surface area is 447 Å². The Bertz CT molecular complexity index is 4080. The minimum Gasteiger partial charge on any atom is -0.457 e. The van der Waals surface area contributed by atoms with Crippen molar-refractivity contribution in [1.29, 1.82) is 0 Å². The Morgan fingerprint density at radius 3 is 0.766 bits per heavy atom. The highest BCUT2D eigenvalue weighted by molar-refractivity contribution is 5.93. The van der Waals surface area contributed by atoms with Gasteiger partial charge in [0.2, 0.25) is 0 Å². The first-order valence-electron chi connectivity index (χ1n) is 26.8. The molecule has 0 radical (unpaired) electrons. The molecule has 0 unspecified atom stereocenters. The summed E-state index contributed by atoms with van der Waals surface area (Å²) >= 11 is 0. The molecular formula is C75H46O2. The van der Waals surface area contributed by atoms with Gasteiger partial charge in [0.15, 0.2) is 0 Å². The third-order valence-electron chi connectivity index (χ3n) is 17.9. The first-order chi connectivity index (χ1) is 38.2. The van der Waals surface area contributed by atoms with E-state index in [9.17, 15) is 0 Å². The normalized spacial score (nSPS) is 15.0. The van der Waals surface area contributed by atoms with Gasteiger partial charge < -0.3 is 9.47 Å². The van der Waals surface area contributed by atoms with Crippen molar-refractivity contribution in [3.05, 3.63) is 346 Å². The van der Waals surface area contributed by atoms with E-state index in [1.807, 2.05) is 0 Å². The van der Waals surface area contributed by atoms with E-state index in [2.05, 4.69) is 279 Å². The van der Waals surface area contributed by atoms with Crippen LogP contribution in [0.2, 0.25) is 0 Å². The molecule has 0 aromatic heterocycles. The number of ether oxygens (including phenoxy) is 2. The summed E-state index contributed by atoms with van der Waals surface area (Å²) in [4.78, 5) is 0. The van der Waals surface area contributed by atoms with E-state index in [0.29, 0.717) is 0 Å². The smallest absolute Gasteiger partial charge is 0.132 e. The lowest BCUT2D eigenvalue weighted by molar-refractivity contribution is 0.436. The number of fused-ring (bicyclic) bond motifs is 21. The topological polar surface area (TPSA) is 18.5 Å². The number of para-hydroxylation sites is 4. The zero-order valence-electron chi connectivity index (χ0n) is 41.9. The summed E-state index contributed by atoms with van der Waals surface area (Å²) in [6.45, 7) is 0. The zero-order valence-corrected chi connectivity index (χ0v) is 41.9. The van der Waals surface area contributed by atoms with Crippen LogP contribution in [-0.2, 0) is 16.2 Å². The number of benzene rings is 12. The van der Waals surface area contributed by atoms with E-state index < -0.39 is 16.2 Å². The van der Waals surface area contributed by atoms with E-state index in [1.165, 1.54) is 122 Å². The van der Waals surface area contributed by atoms with Crippen LogP contribution in [0.3, 0.4) is 0 Å². The molecule has 12 aromatic rings. The predicted octanol–water partition coefficient (Wildman–Crippen LogP) is 18.3. The monoisotopic (exact) mass is 978 g/mol. The van der Waals surface area contributed by atoms with Crippen LogP contribution < -0.4 is 9.47 Å². The highest BCUT2D eigenvalue weighted by Crippen LogP contribution is 2.65. The van der Waals surface area contributed by atoms with Crippen molar-refractivity contribution in [3.8, 4) is 78.6 Å². The summed E-state index contributed by atoms with van der Waals surface area (Å²) in [7, 11) is 0. The Kier molecular flexibility index (Phi) is 8.65. The summed E-state index contributed by atoms with van der Waals surface area (Å²) in [5.74, 6) is 3.62. The highest BCUT2D eigenvalue weighted by atomic mass is 16.5. The van der Waals surface area contributed by atoms with Gasteiger partial charge in [0.1, 0.15) is 23.0 Å². The Morgan fingerprint density at radius 1 is 0.182 bits per heavy atom. The third-order valence-corrected chi connectivity index (χ3v) is 17.9. The molecule has 0 bridgehead atoms. The average molecular weight is 979 g/mol. The summed E-state index contributed by atoms with van der Waals surface area (Å²) < 4.78 is 13.2. The van der Waals surface area contributed by atoms with Gasteiger partial charge in [-0.2, -0.15) is 0 Å². The molecule has 0 saturated carbocycles. The predicted molar refractivity (Wildman–Crippen MR) is 309 cm³/mol. The van der Waals surface area contributed by atoms with Crippen LogP contribution in [0.4, 0.5) is 0 Å². The molecule has 77 heavy (non-hydrogen) atoms. The standard InChI is InChI=1S/C75H46O2/c1-5-21-59-53(17-1)54-18-2-6-22-60(54)73(59,51-39-33-47(34-40-51)49-37-43-63-57(45-49)55-19-3-7-23-61(55)74(63)65-25-9-13-29-69(65)76-70-30-14-10-26-66(70)74)52-41-35-48(36-42-52)50-38-44-64-58(46-50)56-20-4-8-24-62(56)75(64)67-27-11-15-31-71(67)77-72-32-16-12-28-68(72)75/h1-46H. The molecular weight excluding hydrogens is 933 g/mol. The fourth-order valence-corrected chi connectivity index (χ4v) is 14.9. The van der Waals surface area contributed by atoms with Crippen molar-refractivity contribution in [3.63, 3.8) is 0 Å². The van der Waals surface area contributed by atoms with Crippen LogP contribution in [0, 0.1) is 0 Å². The Morgan fingerprint density at radius 2 is 0.429 bits per heavy atom. The van der Waals surface area contributed by atoms with E-state index in [0.717, 1.165) is 23.0 Å². The maximum absolute atomic E-state index is 6.61. The summed E-state index contributed by atoms with van der Waals surface area (Å²) in [6, 6.07) is 103. The van der Waals surface area contributed by atoms with Crippen LogP contribution in [0.5, 0.6) is 23.0 Å². The van der Waals surface area contributed by atoms with Crippen LogP contribution >= 0.6 is 0 Å². The summed E-state index contributed by atoms with van der Waals surface area (Å²) in [5.41, 5.74) is 25.7. The molecule has 0 saturated heterocycles. The molecule has 0 N–H and O–H groups in total. The van der Waals surface area contributed by atoms with Gasteiger partial charge in [-0.3, -0.25) is 0 Å². The Hall–Kier alpha value is -9.76. The van der Waals surface area contributed by atoms with Crippen LogP contribution in [0.25, 0.3) is 55.6 Å². The second kappa shape index (κ2) is 15.6. The zero-order chi connectivity index (χ0) is 50.5. The van der Waals surface area contributed by atoms with E-state index in [1.54, 1.807) is 0 Å². The molecule has 2 heteroatoms. The maximum atomic E-state index is 6.61. The largest absolute Gasteiger partial charge is 0.457 e. The van der Waals surface area contributed by atoms with Crippen molar-refractivity contribution in [2.24, 2.45) is 0 Å². The molecule has 0 fully saturated rings. The first-order valence-corrected chi connectivity index (χ1v) is 26.8. The third kappa shape index (κ3) is 5.44. The second-order valence-corrected chi connectivity index (χ2v) is 21.3. The molecule has 2 aliphatic heterocycles. The van der Waals surface area contributed by atoms with Gasteiger partial charge >= 0.3 is 0 Å². The summed E-state index contributed by atoms with van der Waals surface area (Å²) in [5, 5.41) is 0. The number of rotatable bonds is 4. The lowest BCUT2D eigenvalue weighted by Gasteiger charge is -2.39. The van der Waals surface area contributed by atoms with Crippen molar-refractivity contribution >= 4 is 0 Å². The highest BCUT2D eigenvalue weighted by Gasteiger charge is 2.53. The van der Waals surface area contributed by atoms with Crippen LogP contribution in [0.15, 0.2) is 279 Å². The Balaban J connectivity index is 0.789. The fraction of sp³-hybridized carbons (Fsp3) is 0.0400. The van der Waals surface area contributed by atoms with Crippen molar-refractivity contribution in [2.75, 3.05) is 0 Å². The molecule has 17 rings (SSSR count).